The van der Waals surface area contributed by atoms with Gasteiger partial charge in [0.05, 0.1) is 17.5 Å². The van der Waals surface area contributed by atoms with Gasteiger partial charge in [-0.1, -0.05) is 84.6 Å². The molecule has 158 valence electrons. The van der Waals surface area contributed by atoms with Gasteiger partial charge in [0.15, 0.2) is 5.16 Å². The molecule has 0 saturated heterocycles. The summed E-state index contributed by atoms with van der Waals surface area (Å²) in [6, 6.07) is 20.8. The van der Waals surface area contributed by atoms with Crippen LogP contribution in [0.4, 0.5) is 0 Å². The molecule has 0 N–H and O–H groups in total. The van der Waals surface area contributed by atoms with Crippen LogP contribution in [0.2, 0.25) is 0 Å². The largest absolute Gasteiger partial charge is 0.440 e. The highest BCUT2D eigenvalue weighted by Crippen LogP contribution is 2.37. The average Bonchev–Trinajstić information content (AvgIpc) is 3.12. The summed E-state index contributed by atoms with van der Waals surface area (Å²) in [6.45, 7) is 5.35. The van der Waals surface area contributed by atoms with Crippen molar-refractivity contribution in [2.24, 2.45) is 0 Å². The van der Waals surface area contributed by atoms with Gasteiger partial charge in [-0.2, -0.15) is 4.98 Å². The summed E-state index contributed by atoms with van der Waals surface area (Å²) in [6.07, 6.45) is 0.766. The van der Waals surface area contributed by atoms with Gasteiger partial charge in [-0.3, -0.25) is 0 Å². The third kappa shape index (κ3) is 4.20. The second-order valence-corrected chi connectivity index (χ2v) is 9.78. The van der Waals surface area contributed by atoms with Crippen molar-refractivity contribution >= 4 is 35.1 Å². The van der Waals surface area contributed by atoms with Gasteiger partial charge in [0.25, 0.3) is 0 Å². The standard InChI is InChI=1S/C25H24N2O2S2/c1-25(2)13-19-20(15-28-25)29-22-21(19)23(30)27(14-17-9-5-3-6-10-17)24(26-22)31-16-18-11-7-4-8-12-18/h3-12H,13-16H2,1-2H3. The minimum Gasteiger partial charge on any atom is -0.440 e. The Morgan fingerprint density at radius 1 is 1.03 bits per heavy atom. The summed E-state index contributed by atoms with van der Waals surface area (Å²) in [7, 11) is 0. The monoisotopic (exact) mass is 448 g/mol. The Bertz CT molecular complexity index is 1280. The first-order valence-corrected chi connectivity index (χ1v) is 11.8. The molecular formula is C25H24N2O2S2. The van der Waals surface area contributed by atoms with E-state index in [4.69, 9.17) is 26.4 Å². The van der Waals surface area contributed by atoms with Crippen molar-refractivity contribution in [2.45, 2.75) is 49.9 Å². The first-order chi connectivity index (χ1) is 15.0. The minimum absolute atomic E-state index is 0.240. The number of thioether (sulfide) groups is 1. The third-order valence-corrected chi connectivity index (χ3v) is 7.02. The molecule has 5 rings (SSSR count). The summed E-state index contributed by atoms with van der Waals surface area (Å²) in [5.74, 6) is 1.67. The van der Waals surface area contributed by atoms with Gasteiger partial charge < -0.3 is 13.7 Å². The average molecular weight is 449 g/mol. The molecule has 0 aliphatic carbocycles. The summed E-state index contributed by atoms with van der Waals surface area (Å²) in [4.78, 5) is 4.94. The van der Waals surface area contributed by atoms with E-state index in [0.29, 0.717) is 18.9 Å². The molecule has 0 fully saturated rings. The Balaban J connectivity index is 1.62. The van der Waals surface area contributed by atoms with Gasteiger partial charge in [0, 0.05) is 17.7 Å². The Morgan fingerprint density at radius 2 is 1.71 bits per heavy atom. The lowest BCUT2D eigenvalue weighted by atomic mass is 9.94. The Kier molecular flexibility index (Phi) is 5.46. The van der Waals surface area contributed by atoms with Crippen LogP contribution in [0.5, 0.6) is 0 Å². The smallest absolute Gasteiger partial charge is 0.232 e. The lowest BCUT2D eigenvalue weighted by Crippen LogP contribution is -2.31. The third-order valence-electron chi connectivity index (χ3n) is 5.55. The maximum Gasteiger partial charge on any atom is 0.232 e. The van der Waals surface area contributed by atoms with Gasteiger partial charge in [-0.15, -0.1) is 0 Å². The molecule has 2 aromatic carbocycles. The van der Waals surface area contributed by atoms with E-state index in [9.17, 15) is 0 Å². The molecule has 0 amide bonds. The normalized spacial score (nSPS) is 15.2. The molecule has 4 aromatic rings. The Morgan fingerprint density at radius 3 is 2.42 bits per heavy atom. The number of nitrogens with zero attached hydrogens (tertiary/aromatic N) is 2. The van der Waals surface area contributed by atoms with Crippen LogP contribution >= 0.6 is 24.0 Å². The first-order valence-electron chi connectivity index (χ1n) is 10.4. The number of furan rings is 1. The van der Waals surface area contributed by atoms with Crippen molar-refractivity contribution in [2.75, 3.05) is 0 Å². The SMILES string of the molecule is CC1(C)Cc2c(oc3nc(SCc4ccccc4)n(Cc4ccccc4)c(=S)c23)CO1. The lowest BCUT2D eigenvalue weighted by Gasteiger charge is -2.29. The number of hydrogen-bond donors (Lipinski definition) is 0. The predicted octanol–water partition coefficient (Wildman–Crippen LogP) is 6.55. The number of ether oxygens (including phenoxy) is 1. The molecule has 0 unspecified atom stereocenters. The second-order valence-electron chi connectivity index (χ2n) is 8.45. The van der Waals surface area contributed by atoms with Crippen LogP contribution < -0.4 is 0 Å². The fourth-order valence-corrected chi connectivity index (χ4v) is 5.31. The van der Waals surface area contributed by atoms with Crippen molar-refractivity contribution in [3.8, 4) is 0 Å². The van der Waals surface area contributed by atoms with Crippen LogP contribution in [0.1, 0.15) is 36.3 Å². The van der Waals surface area contributed by atoms with E-state index in [1.165, 1.54) is 11.1 Å². The van der Waals surface area contributed by atoms with E-state index < -0.39 is 0 Å². The molecule has 1 aliphatic heterocycles. The van der Waals surface area contributed by atoms with Crippen molar-refractivity contribution < 1.29 is 9.15 Å². The predicted molar refractivity (Wildman–Crippen MR) is 127 cm³/mol. The van der Waals surface area contributed by atoms with Crippen molar-refractivity contribution in [3.05, 3.63) is 87.8 Å². The van der Waals surface area contributed by atoms with Crippen LogP contribution in [-0.2, 0) is 30.1 Å². The number of hydrogen-bond acceptors (Lipinski definition) is 5. The fraction of sp³-hybridized carbons (Fsp3) is 0.280. The molecule has 0 saturated carbocycles. The van der Waals surface area contributed by atoms with Crippen LogP contribution in [0, 0.1) is 4.64 Å². The molecule has 0 atom stereocenters. The number of rotatable bonds is 5. The summed E-state index contributed by atoms with van der Waals surface area (Å²) in [5.41, 5.74) is 3.97. The molecule has 0 spiro atoms. The van der Waals surface area contributed by atoms with Crippen molar-refractivity contribution in [1.82, 2.24) is 9.55 Å². The minimum atomic E-state index is -0.240. The summed E-state index contributed by atoms with van der Waals surface area (Å²) < 4.78 is 15.0. The van der Waals surface area contributed by atoms with E-state index in [-0.39, 0.29) is 5.60 Å². The second kappa shape index (κ2) is 8.26. The van der Waals surface area contributed by atoms with Gasteiger partial charge >= 0.3 is 0 Å². The molecule has 4 nitrogen and oxygen atoms in total. The number of benzene rings is 2. The molecule has 31 heavy (non-hydrogen) atoms. The van der Waals surface area contributed by atoms with Crippen LogP contribution in [0.3, 0.4) is 0 Å². The molecule has 0 radical (unpaired) electrons. The molecule has 0 bridgehead atoms. The number of fused-ring (bicyclic) bond motifs is 3. The maximum absolute atomic E-state index is 6.13. The highest BCUT2D eigenvalue weighted by molar-refractivity contribution is 7.98. The van der Waals surface area contributed by atoms with Crippen molar-refractivity contribution in [1.29, 1.82) is 0 Å². The quantitative estimate of drug-likeness (QED) is 0.197. The topological polar surface area (TPSA) is 40.2 Å². The van der Waals surface area contributed by atoms with Crippen LogP contribution in [-0.4, -0.2) is 15.2 Å². The first kappa shape index (κ1) is 20.5. The zero-order valence-electron chi connectivity index (χ0n) is 17.6. The highest BCUT2D eigenvalue weighted by Gasteiger charge is 2.32. The van der Waals surface area contributed by atoms with E-state index in [0.717, 1.165) is 38.7 Å². The van der Waals surface area contributed by atoms with E-state index in [1.54, 1.807) is 11.8 Å². The van der Waals surface area contributed by atoms with E-state index in [1.807, 2.05) is 12.1 Å². The zero-order chi connectivity index (χ0) is 21.4. The van der Waals surface area contributed by atoms with E-state index in [2.05, 4.69) is 66.9 Å². The van der Waals surface area contributed by atoms with Crippen LogP contribution in [0.15, 0.2) is 70.2 Å². The molecular weight excluding hydrogens is 424 g/mol. The highest BCUT2D eigenvalue weighted by atomic mass is 32.2. The summed E-state index contributed by atoms with van der Waals surface area (Å²) in [5, 5.41) is 1.83. The van der Waals surface area contributed by atoms with Gasteiger partial charge in [-0.25, -0.2) is 0 Å². The van der Waals surface area contributed by atoms with Gasteiger partial charge in [-0.05, 0) is 25.0 Å². The fourth-order valence-electron chi connectivity index (χ4n) is 3.95. The maximum atomic E-state index is 6.13. The summed E-state index contributed by atoms with van der Waals surface area (Å²) >= 11 is 7.72. The van der Waals surface area contributed by atoms with Crippen molar-refractivity contribution in [3.63, 3.8) is 0 Å². The van der Waals surface area contributed by atoms with Gasteiger partial charge in [0.1, 0.15) is 17.0 Å². The Hall–Kier alpha value is -2.41. The van der Waals surface area contributed by atoms with Gasteiger partial charge in [0.2, 0.25) is 5.71 Å². The Labute approximate surface area is 191 Å². The van der Waals surface area contributed by atoms with Crippen LogP contribution in [0.25, 0.3) is 11.1 Å². The lowest BCUT2D eigenvalue weighted by molar-refractivity contribution is -0.0476. The number of aromatic nitrogens is 2. The molecule has 3 heterocycles. The van der Waals surface area contributed by atoms with E-state index >= 15 is 0 Å². The zero-order valence-corrected chi connectivity index (χ0v) is 19.3. The molecule has 1 aliphatic rings. The molecule has 2 aromatic heterocycles. The molecule has 6 heteroatoms.